The van der Waals surface area contributed by atoms with Crippen molar-refractivity contribution in [3.63, 3.8) is 0 Å². The molecular weight excluding hydrogens is 445 g/mol. The smallest absolute Gasteiger partial charge is 0.193 e. The Labute approximate surface area is 171 Å². The summed E-state index contributed by atoms with van der Waals surface area (Å²) in [5.41, 5.74) is 8.60. The summed E-state index contributed by atoms with van der Waals surface area (Å²) in [4.78, 5) is 4.22. The van der Waals surface area contributed by atoms with Crippen molar-refractivity contribution in [3.05, 3.63) is 53.6 Å². The Kier molecular flexibility index (Phi) is 9.22. The van der Waals surface area contributed by atoms with E-state index >= 15 is 0 Å². The van der Waals surface area contributed by atoms with E-state index in [2.05, 4.69) is 23.3 Å². The number of benzene rings is 2. The molecule has 0 aliphatic carbocycles. The van der Waals surface area contributed by atoms with Crippen LogP contribution in [0.2, 0.25) is 0 Å². The highest BCUT2D eigenvalue weighted by atomic mass is 127. The third-order valence-corrected chi connectivity index (χ3v) is 3.84. The molecule has 0 saturated heterocycles. The number of halogens is 1. The first-order valence-corrected chi connectivity index (χ1v) is 8.13. The molecule has 2 rings (SSSR count). The fourth-order valence-electron chi connectivity index (χ4n) is 2.44. The molecule has 0 aliphatic heterocycles. The van der Waals surface area contributed by atoms with Crippen LogP contribution in [0.4, 0.5) is 5.69 Å². The van der Waals surface area contributed by atoms with Crippen LogP contribution in [0.5, 0.6) is 11.5 Å². The number of hydrogen-bond donors (Lipinski definition) is 3. The number of anilines is 1. The average Bonchev–Trinajstić information content (AvgIpc) is 2.65. The summed E-state index contributed by atoms with van der Waals surface area (Å²) in [5.74, 6) is 1.46. The molecule has 0 fully saturated rings. The first kappa shape index (κ1) is 22.0. The van der Waals surface area contributed by atoms with Crippen molar-refractivity contribution < 1.29 is 14.6 Å². The van der Waals surface area contributed by atoms with Gasteiger partial charge in [-0.1, -0.05) is 19.1 Å². The zero-order valence-corrected chi connectivity index (χ0v) is 17.6. The SMILES string of the molecule is CCc1cccc(NC(N)=NCC(O)c2cc(OC)ccc2OC)c1.I. The topological polar surface area (TPSA) is 89.1 Å². The predicted octanol–water partition coefficient (Wildman–Crippen LogP) is 3.34. The van der Waals surface area contributed by atoms with Crippen LogP contribution in [0.1, 0.15) is 24.2 Å². The molecular formula is C19H26IN3O3. The molecule has 0 aromatic heterocycles. The monoisotopic (exact) mass is 471 g/mol. The number of aryl methyl sites for hydroxylation is 1. The minimum absolute atomic E-state index is 0. The molecule has 2 aromatic rings. The standard InChI is InChI=1S/C19H25N3O3.HI/c1-4-13-6-5-7-14(10-13)22-19(20)21-12-17(23)16-11-15(24-2)8-9-18(16)25-3;/h5-11,17,23H,4,12H2,1-3H3,(H3,20,21,22);1H. The maximum Gasteiger partial charge on any atom is 0.193 e. The highest BCUT2D eigenvalue weighted by Crippen LogP contribution is 2.29. The Morgan fingerprint density at radius 3 is 2.62 bits per heavy atom. The Morgan fingerprint density at radius 1 is 1.19 bits per heavy atom. The van der Waals surface area contributed by atoms with Gasteiger partial charge in [-0.15, -0.1) is 24.0 Å². The van der Waals surface area contributed by atoms with E-state index in [1.807, 2.05) is 18.2 Å². The van der Waals surface area contributed by atoms with Gasteiger partial charge in [-0.2, -0.15) is 0 Å². The van der Waals surface area contributed by atoms with Crippen molar-refractivity contribution in [2.45, 2.75) is 19.4 Å². The van der Waals surface area contributed by atoms with Crippen LogP contribution in [-0.2, 0) is 6.42 Å². The van der Waals surface area contributed by atoms with Crippen LogP contribution in [-0.4, -0.2) is 31.8 Å². The molecule has 26 heavy (non-hydrogen) atoms. The molecule has 0 bridgehead atoms. The molecule has 0 aliphatic rings. The lowest BCUT2D eigenvalue weighted by Gasteiger charge is -2.15. The molecule has 1 atom stereocenters. The second kappa shape index (κ2) is 10.9. The summed E-state index contributed by atoms with van der Waals surface area (Å²) in [6, 6.07) is 13.2. The minimum atomic E-state index is -0.854. The summed E-state index contributed by atoms with van der Waals surface area (Å²) in [7, 11) is 3.13. The summed E-state index contributed by atoms with van der Waals surface area (Å²) in [6.07, 6.45) is 0.0911. The fraction of sp³-hybridized carbons (Fsp3) is 0.316. The molecule has 0 radical (unpaired) electrons. The highest BCUT2D eigenvalue weighted by molar-refractivity contribution is 14.0. The quantitative estimate of drug-likeness (QED) is 0.328. The van der Waals surface area contributed by atoms with Gasteiger partial charge in [0.2, 0.25) is 0 Å². The maximum atomic E-state index is 10.4. The summed E-state index contributed by atoms with van der Waals surface area (Å²) < 4.78 is 10.5. The lowest BCUT2D eigenvalue weighted by Crippen LogP contribution is -2.23. The number of methoxy groups -OCH3 is 2. The van der Waals surface area contributed by atoms with Crippen molar-refractivity contribution in [2.75, 3.05) is 26.1 Å². The number of rotatable bonds is 7. The number of aliphatic imine (C=N–C) groups is 1. The lowest BCUT2D eigenvalue weighted by molar-refractivity contribution is 0.182. The van der Waals surface area contributed by atoms with E-state index in [1.165, 1.54) is 5.56 Å². The van der Waals surface area contributed by atoms with Gasteiger partial charge in [0.15, 0.2) is 5.96 Å². The normalized spacial score (nSPS) is 12.1. The number of nitrogens with zero attached hydrogens (tertiary/aromatic N) is 1. The molecule has 7 heteroatoms. The largest absolute Gasteiger partial charge is 0.497 e. The van der Waals surface area contributed by atoms with E-state index < -0.39 is 6.10 Å². The Hall–Kier alpha value is -2.00. The number of aliphatic hydroxyl groups excluding tert-OH is 1. The Balaban J connectivity index is 0.00000338. The molecule has 2 aromatic carbocycles. The second-order valence-corrected chi connectivity index (χ2v) is 5.53. The molecule has 0 amide bonds. The predicted molar refractivity (Wildman–Crippen MR) is 116 cm³/mol. The number of nitrogens with two attached hydrogens (primary N) is 1. The van der Waals surface area contributed by atoms with E-state index in [0.717, 1.165) is 12.1 Å². The second-order valence-electron chi connectivity index (χ2n) is 5.53. The maximum absolute atomic E-state index is 10.4. The van der Waals surface area contributed by atoms with Gasteiger partial charge >= 0.3 is 0 Å². The molecule has 0 saturated carbocycles. The highest BCUT2D eigenvalue weighted by Gasteiger charge is 2.14. The van der Waals surface area contributed by atoms with Crippen LogP contribution in [0.15, 0.2) is 47.5 Å². The van der Waals surface area contributed by atoms with Crippen molar-refractivity contribution >= 4 is 35.6 Å². The molecule has 1 unspecified atom stereocenters. The van der Waals surface area contributed by atoms with Gasteiger partial charge in [0.25, 0.3) is 0 Å². The number of nitrogens with one attached hydrogen (secondary N) is 1. The molecule has 6 nitrogen and oxygen atoms in total. The van der Waals surface area contributed by atoms with E-state index in [1.54, 1.807) is 32.4 Å². The Morgan fingerprint density at radius 2 is 1.96 bits per heavy atom. The van der Waals surface area contributed by atoms with Gasteiger partial charge in [-0.05, 0) is 42.3 Å². The molecule has 0 spiro atoms. The van der Waals surface area contributed by atoms with Crippen molar-refractivity contribution in [1.29, 1.82) is 0 Å². The molecule has 0 heterocycles. The third-order valence-electron chi connectivity index (χ3n) is 3.84. The van der Waals surface area contributed by atoms with Crippen molar-refractivity contribution in [2.24, 2.45) is 10.7 Å². The van der Waals surface area contributed by atoms with Gasteiger partial charge in [0, 0.05) is 11.3 Å². The first-order valence-electron chi connectivity index (χ1n) is 8.13. The van der Waals surface area contributed by atoms with Gasteiger partial charge in [-0.3, -0.25) is 4.99 Å². The molecule has 142 valence electrons. The van der Waals surface area contributed by atoms with Crippen LogP contribution < -0.4 is 20.5 Å². The van der Waals surface area contributed by atoms with E-state index in [9.17, 15) is 5.11 Å². The van der Waals surface area contributed by atoms with Crippen molar-refractivity contribution in [1.82, 2.24) is 0 Å². The van der Waals surface area contributed by atoms with Gasteiger partial charge < -0.3 is 25.6 Å². The van der Waals surface area contributed by atoms with Crippen LogP contribution in [0.3, 0.4) is 0 Å². The zero-order valence-electron chi connectivity index (χ0n) is 15.2. The summed E-state index contributed by atoms with van der Waals surface area (Å²) in [6.45, 7) is 2.20. The first-order chi connectivity index (χ1) is 12.1. The Bertz CT molecular complexity index is 738. The molecule has 4 N–H and O–H groups in total. The van der Waals surface area contributed by atoms with E-state index in [0.29, 0.717) is 17.1 Å². The fourth-order valence-corrected chi connectivity index (χ4v) is 2.44. The van der Waals surface area contributed by atoms with Crippen LogP contribution in [0, 0.1) is 0 Å². The van der Waals surface area contributed by atoms with E-state index in [-0.39, 0.29) is 36.5 Å². The zero-order chi connectivity index (χ0) is 18.2. The van der Waals surface area contributed by atoms with Gasteiger partial charge in [0.05, 0.1) is 20.8 Å². The number of hydrogen-bond acceptors (Lipinski definition) is 4. The third kappa shape index (κ3) is 6.06. The number of aliphatic hydroxyl groups is 1. The minimum Gasteiger partial charge on any atom is -0.497 e. The summed E-state index contributed by atoms with van der Waals surface area (Å²) in [5, 5.41) is 13.5. The number of ether oxygens (including phenoxy) is 2. The van der Waals surface area contributed by atoms with Gasteiger partial charge in [-0.25, -0.2) is 0 Å². The van der Waals surface area contributed by atoms with Crippen molar-refractivity contribution in [3.8, 4) is 11.5 Å². The van der Waals surface area contributed by atoms with E-state index in [4.69, 9.17) is 15.2 Å². The lowest BCUT2D eigenvalue weighted by atomic mass is 10.1. The van der Waals surface area contributed by atoms with Crippen LogP contribution >= 0.6 is 24.0 Å². The number of guanidine groups is 1. The van der Waals surface area contributed by atoms with Crippen LogP contribution in [0.25, 0.3) is 0 Å². The summed E-state index contributed by atoms with van der Waals surface area (Å²) >= 11 is 0. The average molecular weight is 471 g/mol. The van der Waals surface area contributed by atoms with Gasteiger partial charge in [0.1, 0.15) is 17.6 Å².